The summed E-state index contributed by atoms with van der Waals surface area (Å²) in [7, 11) is 1.34. The van der Waals surface area contributed by atoms with E-state index >= 15 is 0 Å². The molecule has 2 N–H and O–H groups in total. The van der Waals surface area contributed by atoms with Crippen LogP contribution in [-0.4, -0.2) is 30.4 Å². The second-order valence-corrected chi connectivity index (χ2v) is 5.92. The van der Waals surface area contributed by atoms with Crippen LogP contribution in [0.2, 0.25) is 0 Å². The number of H-pyrrole nitrogens is 1. The minimum Gasteiger partial charge on any atom is -0.399 e. The van der Waals surface area contributed by atoms with Crippen molar-refractivity contribution in [3.8, 4) is 0 Å². The predicted molar refractivity (Wildman–Crippen MR) is 75.5 cm³/mol. The van der Waals surface area contributed by atoms with Crippen LogP contribution in [0.1, 0.15) is 33.4 Å². The molecule has 0 atom stereocenters. The third-order valence-corrected chi connectivity index (χ3v) is 3.82. The van der Waals surface area contributed by atoms with Gasteiger partial charge in [-0.1, -0.05) is 0 Å². The van der Waals surface area contributed by atoms with E-state index in [0.29, 0.717) is 6.54 Å². The summed E-state index contributed by atoms with van der Waals surface area (Å²) in [5.74, 6) is 0. The molecular weight excluding hydrogens is 243 g/mol. The van der Waals surface area contributed by atoms with E-state index in [-0.39, 0.29) is 5.56 Å². The number of pyridine rings is 1. The van der Waals surface area contributed by atoms with Gasteiger partial charge in [-0.25, -0.2) is 0 Å². The third-order valence-electron chi connectivity index (χ3n) is 3.82. The molecule has 5 nitrogen and oxygen atoms in total. The molecule has 19 heavy (non-hydrogen) atoms. The Morgan fingerprint density at radius 2 is 1.79 bits per heavy atom. The molecule has 1 saturated heterocycles. The first-order valence-electron chi connectivity index (χ1n) is 6.48. The van der Waals surface area contributed by atoms with Crippen molar-refractivity contribution in [2.24, 2.45) is 0 Å². The molecule has 1 aromatic rings. The fourth-order valence-corrected chi connectivity index (χ4v) is 2.03. The van der Waals surface area contributed by atoms with E-state index in [9.17, 15) is 4.79 Å². The number of rotatable bonds is 3. The summed E-state index contributed by atoms with van der Waals surface area (Å²) in [5, 5.41) is 3.01. The Bertz CT molecular complexity index is 509. The molecule has 104 valence electrons. The smallest absolute Gasteiger partial charge is 0.399 e. The van der Waals surface area contributed by atoms with Crippen molar-refractivity contribution >= 4 is 12.6 Å². The number of hydrogen-bond donors (Lipinski definition) is 2. The molecule has 0 aromatic carbocycles. The van der Waals surface area contributed by atoms with Gasteiger partial charge in [0.15, 0.2) is 0 Å². The quantitative estimate of drug-likeness (QED) is 0.775. The molecule has 1 aliphatic rings. The van der Waals surface area contributed by atoms with Gasteiger partial charge in [-0.15, -0.1) is 0 Å². The number of aromatic amines is 1. The Hall–Kier alpha value is -1.11. The van der Waals surface area contributed by atoms with E-state index in [4.69, 9.17) is 9.31 Å². The second kappa shape index (κ2) is 4.78. The van der Waals surface area contributed by atoms with Crippen molar-refractivity contribution in [1.29, 1.82) is 0 Å². The molecule has 2 rings (SSSR count). The molecule has 0 bridgehead atoms. The van der Waals surface area contributed by atoms with Gasteiger partial charge in [0.1, 0.15) is 0 Å². The van der Waals surface area contributed by atoms with Crippen LogP contribution in [0, 0.1) is 0 Å². The summed E-state index contributed by atoms with van der Waals surface area (Å²) in [6.45, 7) is 8.58. The van der Waals surface area contributed by atoms with Gasteiger partial charge in [0, 0.05) is 18.3 Å². The summed E-state index contributed by atoms with van der Waals surface area (Å²) in [6, 6.07) is 3.43. The first-order valence-corrected chi connectivity index (χ1v) is 6.48. The lowest BCUT2D eigenvalue weighted by molar-refractivity contribution is 0.00578. The molecule has 0 spiro atoms. The zero-order valence-electron chi connectivity index (χ0n) is 12.2. The normalized spacial score (nSPS) is 20.8. The molecule has 0 amide bonds. The SMILES string of the molecule is CNCc1cc(B2OC(C)(C)C(C)(C)O2)cc(=O)[nH]1. The second-order valence-electron chi connectivity index (χ2n) is 5.92. The molecule has 0 radical (unpaired) electrons. The van der Waals surface area contributed by atoms with Crippen molar-refractivity contribution in [1.82, 2.24) is 10.3 Å². The molecule has 1 aliphatic heterocycles. The van der Waals surface area contributed by atoms with Crippen molar-refractivity contribution < 1.29 is 9.31 Å². The Morgan fingerprint density at radius 3 is 2.32 bits per heavy atom. The average molecular weight is 264 g/mol. The fraction of sp³-hybridized carbons (Fsp3) is 0.615. The number of aromatic nitrogens is 1. The van der Waals surface area contributed by atoms with Gasteiger partial charge >= 0.3 is 7.12 Å². The van der Waals surface area contributed by atoms with E-state index in [0.717, 1.165) is 11.2 Å². The monoisotopic (exact) mass is 264 g/mol. The van der Waals surface area contributed by atoms with Gasteiger partial charge in [-0.2, -0.15) is 0 Å². The van der Waals surface area contributed by atoms with Gasteiger partial charge in [0.05, 0.1) is 11.2 Å². The molecule has 0 saturated carbocycles. The zero-order chi connectivity index (χ0) is 14.3. The summed E-state index contributed by atoms with van der Waals surface area (Å²) < 4.78 is 11.9. The van der Waals surface area contributed by atoms with Gasteiger partial charge in [-0.05, 0) is 46.3 Å². The first kappa shape index (κ1) is 14.3. The maximum absolute atomic E-state index is 11.7. The highest BCUT2D eigenvalue weighted by Gasteiger charge is 2.51. The number of hydrogen-bond acceptors (Lipinski definition) is 4. The van der Waals surface area contributed by atoms with Gasteiger partial charge in [0.2, 0.25) is 5.56 Å². The van der Waals surface area contributed by atoms with Crippen LogP contribution in [0.4, 0.5) is 0 Å². The fourth-order valence-electron chi connectivity index (χ4n) is 2.03. The summed E-state index contributed by atoms with van der Waals surface area (Å²) in [4.78, 5) is 14.5. The lowest BCUT2D eigenvalue weighted by Crippen LogP contribution is -2.41. The summed E-state index contributed by atoms with van der Waals surface area (Å²) >= 11 is 0. The molecule has 1 aromatic heterocycles. The highest BCUT2D eigenvalue weighted by Crippen LogP contribution is 2.36. The first-order chi connectivity index (χ1) is 8.75. The third kappa shape index (κ3) is 2.75. The average Bonchev–Trinajstić information content (AvgIpc) is 2.48. The lowest BCUT2D eigenvalue weighted by atomic mass is 9.79. The van der Waals surface area contributed by atoms with Gasteiger partial charge < -0.3 is 19.6 Å². The van der Waals surface area contributed by atoms with Crippen molar-refractivity contribution in [3.05, 3.63) is 28.2 Å². The standard InChI is InChI=1S/C13H21BN2O3/c1-12(2)13(3,4)19-14(18-12)9-6-10(8-15-5)16-11(17)7-9/h6-7,15H,8H2,1-5H3,(H,16,17). The van der Waals surface area contributed by atoms with Crippen molar-refractivity contribution in [2.75, 3.05) is 7.05 Å². The minimum absolute atomic E-state index is 0.141. The van der Waals surface area contributed by atoms with E-state index in [2.05, 4.69) is 10.3 Å². The summed E-state index contributed by atoms with van der Waals surface area (Å²) in [6.07, 6.45) is 0. The van der Waals surface area contributed by atoms with E-state index in [1.165, 1.54) is 6.07 Å². The molecular formula is C13H21BN2O3. The van der Waals surface area contributed by atoms with Crippen LogP contribution >= 0.6 is 0 Å². The zero-order valence-corrected chi connectivity index (χ0v) is 12.2. The Balaban J connectivity index is 2.31. The van der Waals surface area contributed by atoms with Crippen molar-refractivity contribution in [2.45, 2.75) is 45.4 Å². The van der Waals surface area contributed by atoms with Crippen molar-refractivity contribution in [3.63, 3.8) is 0 Å². The predicted octanol–water partition coefficient (Wildman–Crippen LogP) is 0.393. The van der Waals surface area contributed by atoms with E-state index in [1.807, 2.05) is 40.8 Å². The molecule has 2 heterocycles. The highest BCUT2D eigenvalue weighted by atomic mass is 16.7. The summed E-state index contributed by atoms with van der Waals surface area (Å²) in [5.41, 5.74) is 0.636. The topological polar surface area (TPSA) is 63.4 Å². The van der Waals surface area contributed by atoms with E-state index in [1.54, 1.807) is 0 Å². The van der Waals surface area contributed by atoms with Crippen LogP contribution < -0.4 is 16.3 Å². The Kier molecular flexibility index (Phi) is 3.60. The van der Waals surface area contributed by atoms with Gasteiger partial charge in [-0.3, -0.25) is 4.79 Å². The van der Waals surface area contributed by atoms with Gasteiger partial charge in [0.25, 0.3) is 0 Å². The molecule has 6 heteroatoms. The van der Waals surface area contributed by atoms with Crippen LogP contribution in [0.15, 0.2) is 16.9 Å². The molecule has 0 aliphatic carbocycles. The maximum atomic E-state index is 11.7. The van der Waals surface area contributed by atoms with E-state index < -0.39 is 18.3 Å². The molecule has 1 fully saturated rings. The van der Waals surface area contributed by atoms with Crippen LogP contribution in [0.25, 0.3) is 0 Å². The largest absolute Gasteiger partial charge is 0.495 e. The Morgan fingerprint density at radius 1 is 1.21 bits per heavy atom. The minimum atomic E-state index is -0.497. The maximum Gasteiger partial charge on any atom is 0.495 e. The highest BCUT2D eigenvalue weighted by molar-refractivity contribution is 6.62. The lowest BCUT2D eigenvalue weighted by Gasteiger charge is -2.32. The Labute approximate surface area is 113 Å². The molecule has 0 unspecified atom stereocenters. The van der Waals surface area contributed by atoms with Crippen LogP contribution in [0.3, 0.4) is 0 Å². The number of nitrogens with one attached hydrogen (secondary N) is 2. The van der Waals surface area contributed by atoms with Crippen LogP contribution in [0.5, 0.6) is 0 Å². The van der Waals surface area contributed by atoms with Crippen LogP contribution in [-0.2, 0) is 15.9 Å².